The number of phenolic OH excluding ortho intramolecular Hbond substituents is 1. The van der Waals surface area contributed by atoms with Crippen molar-refractivity contribution in [2.24, 2.45) is 5.92 Å². The Morgan fingerprint density at radius 1 is 1.06 bits per heavy atom. The van der Waals surface area contributed by atoms with Gasteiger partial charge in [-0.05, 0) is 47.6 Å². The lowest BCUT2D eigenvalue weighted by Crippen LogP contribution is -2.52. The molecule has 6 nitrogen and oxygen atoms in total. The van der Waals surface area contributed by atoms with E-state index in [-0.39, 0.29) is 17.8 Å². The molecule has 0 saturated carbocycles. The summed E-state index contributed by atoms with van der Waals surface area (Å²) in [6.45, 7) is 4.58. The number of aromatic hydroxyl groups is 1. The summed E-state index contributed by atoms with van der Waals surface area (Å²) in [5, 5.41) is 10.1. The highest BCUT2D eigenvalue weighted by molar-refractivity contribution is 7.99. The van der Waals surface area contributed by atoms with E-state index in [0.717, 1.165) is 16.7 Å². The van der Waals surface area contributed by atoms with Gasteiger partial charge in [0.1, 0.15) is 17.3 Å². The molecule has 0 spiro atoms. The van der Waals surface area contributed by atoms with Gasteiger partial charge < -0.3 is 19.3 Å². The van der Waals surface area contributed by atoms with E-state index in [1.807, 2.05) is 43.5 Å². The van der Waals surface area contributed by atoms with Crippen LogP contribution in [0.5, 0.6) is 5.75 Å². The van der Waals surface area contributed by atoms with Gasteiger partial charge in [0.05, 0.1) is 6.10 Å². The average molecular weight is 479 g/mol. The highest BCUT2D eigenvalue weighted by Gasteiger charge is 2.48. The molecule has 8 heteroatoms. The molecule has 1 aliphatic rings. The van der Waals surface area contributed by atoms with E-state index in [9.17, 15) is 14.7 Å². The average Bonchev–Trinajstić information content (AvgIpc) is 2.74. The van der Waals surface area contributed by atoms with E-state index >= 15 is 0 Å². The van der Waals surface area contributed by atoms with Crippen LogP contribution in [0.3, 0.4) is 0 Å². The Hall–Kier alpha value is -2.22. The van der Waals surface area contributed by atoms with Gasteiger partial charge in [-0.25, -0.2) is 0 Å². The first kappa shape index (κ1) is 24.4. The highest BCUT2D eigenvalue weighted by Crippen LogP contribution is 2.42. The summed E-state index contributed by atoms with van der Waals surface area (Å²) in [6, 6.07) is 12.7. The van der Waals surface area contributed by atoms with Crippen LogP contribution in [-0.2, 0) is 30.2 Å². The predicted molar refractivity (Wildman–Crippen MR) is 124 cm³/mol. The first-order valence-electron chi connectivity index (χ1n) is 10.3. The third-order valence-electron chi connectivity index (χ3n) is 5.43. The van der Waals surface area contributed by atoms with Crippen molar-refractivity contribution in [3.05, 3.63) is 64.2 Å². The van der Waals surface area contributed by atoms with Crippen molar-refractivity contribution in [3.8, 4) is 5.75 Å². The van der Waals surface area contributed by atoms with Crippen molar-refractivity contribution in [1.82, 2.24) is 0 Å². The number of benzene rings is 2. The number of ether oxygens (including phenoxy) is 3. The summed E-state index contributed by atoms with van der Waals surface area (Å²) in [4.78, 5) is 23.5. The highest BCUT2D eigenvalue weighted by atomic mass is 35.5. The number of rotatable bonds is 6. The van der Waals surface area contributed by atoms with E-state index in [1.54, 1.807) is 12.1 Å². The van der Waals surface area contributed by atoms with Gasteiger partial charge in [0.15, 0.2) is 6.10 Å². The van der Waals surface area contributed by atoms with Crippen molar-refractivity contribution in [1.29, 1.82) is 0 Å². The second kappa shape index (κ2) is 10.6. The third-order valence-corrected chi connectivity index (χ3v) is 6.65. The quantitative estimate of drug-likeness (QED) is 0.591. The molecule has 2 aromatic carbocycles. The zero-order valence-corrected chi connectivity index (χ0v) is 20.0. The van der Waals surface area contributed by atoms with Crippen LogP contribution in [0.4, 0.5) is 0 Å². The van der Waals surface area contributed by atoms with Crippen LogP contribution >= 0.6 is 23.4 Å². The summed E-state index contributed by atoms with van der Waals surface area (Å²) in [6.07, 6.45) is 0.699. The maximum atomic E-state index is 11.8. The Morgan fingerprint density at radius 3 is 2.28 bits per heavy atom. The molecule has 0 unspecified atom stereocenters. The molecule has 0 radical (unpaired) electrons. The van der Waals surface area contributed by atoms with Gasteiger partial charge in [0.2, 0.25) is 0 Å². The summed E-state index contributed by atoms with van der Waals surface area (Å²) in [5.74, 6) is -0.957. The predicted octanol–water partition coefficient (Wildman–Crippen LogP) is 4.90. The van der Waals surface area contributed by atoms with Crippen LogP contribution in [0.25, 0.3) is 0 Å². The van der Waals surface area contributed by atoms with E-state index in [4.69, 9.17) is 25.8 Å². The molecule has 5 atom stereocenters. The van der Waals surface area contributed by atoms with Gasteiger partial charge in [-0.15, -0.1) is 11.8 Å². The van der Waals surface area contributed by atoms with Crippen LogP contribution in [0.15, 0.2) is 42.5 Å². The van der Waals surface area contributed by atoms with Crippen molar-refractivity contribution in [2.75, 3.05) is 6.26 Å². The van der Waals surface area contributed by atoms with Crippen molar-refractivity contribution < 1.29 is 28.9 Å². The zero-order valence-electron chi connectivity index (χ0n) is 18.4. The molecule has 1 N–H and O–H groups in total. The first-order valence-corrected chi connectivity index (χ1v) is 11.9. The number of carbonyl (C=O) groups is 2. The lowest BCUT2D eigenvalue weighted by atomic mass is 9.86. The second-order valence-electron chi connectivity index (χ2n) is 7.86. The Morgan fingerprint density at radius 2 is 1.69 bits per heavy atom. The largest absolute Gasteiger partial charge is 0.508 e. The van der Waals surface area contributed by atoms with Gasteiger partial charge in [-0.3, -0.25) is 9.59 Å². The molecule has 0 amide bonds. The maximum Gasteiger partial charge on any atom is 0.303 e. The zero-order chi connectivity index (χ0) is 23.4. The Kier molecular flexibility index (Phi) is 8.09. The minimum absolute atomic E-state index is 0.208. The number of hydrogen-bond acceptors (Lipinski definition) is 7. The van der Waals surface area contributed by atoms with Crippen LogP contribution in [0, 0.1) is 5.92 Å². The number of halogens is 1. The van der Waals surface area contributed by atoms with Crippen LogP contribution in [0.2, 0.25) is 5.02 Å². The van der Waals surface area contributed by atoms with Crippen molar-refractivity contribution >= 4 is 35.3 Å². The van der Waals surface area contributed by atoms with Crippen LogP contribution in [0.1, 0.15) is 43.6 Å². The SMILES string of the molecule is CS[C@H]1O[C@@H](c2ccc(Cl)c(Cc3ccc(O)cc3)c2)[C@H](C)[C@@H](OC(C)=O)[C@@H]1OC(C)=O. The molecule has 1 saturated heterocycles. The minimum atomic E-state index is -0.707. The third kappa shape index (κ3) is 5.77. The molecular formula is C24H27ClO6S. The summed E-state index contributed by atoms with van der Waals surface area (Å²) in [5.41, 5.74) is 2.32. The number of phenols is 1. The molecule has 2 aromatic rings. The second-order valence-corrected chi connectivity index (χ2v) is 9.21. The normalized spacial score (nSPS) is 25.2. The monoisotopic (exact) mass is 478 g/mol. The van der Waals surface area contributed by atoms with Crippen LogP contribution < -0.4 is 0 Å². The maximum absolute atomic E-state index is 11.8. The fraction of sp³-hybridized carbons (Fsp3) is 0.417. The number of thioether (sulfide) groups is 1. The smallest absolute Gasteiger partial charge is 0.303 e. The number of carbonyl (C=O) groups excluding carboxylic acids is 2. The molecule has 172 valence electrons. The fourth-order valence-electron chi connectivity index (χ4n) is 3.97. The lowest BCUT2D eigenvalue weighted by molar-refractivity contribution is -0.208. The van der Waals surface area contributed by atoms with E-state index in [0.29, 0.717) is 11.4 Å². The molecule has 0 aromatic heterocycles. The molecule has 3 rings (SSSR count). The molecule has 1 heterocycles. The molecule has 1 aliphatic heterocycles. The molecular weight excluding hydrogens is 452 g/mol. The van der Waals surface area contributed by atoms with E-state index < -0.39 is 29.6 Å². The van der Waals surface area contributed by atoms with Crippen molar-refractivity contribution in [3.63, 3.8) is 0 Å². The standard InChI is InChI=1S/C24H27ClO6S/c1-13-21(31-24(32-4)23(30-15(3)27)22(13)29-14(2)26)17-7-10-20(25)18(12-17)11-16-5-8-19(28)9-6-16/h5-10,12-13,21-24,28H,11H2,1-4H3/t13-,21+,22+,23-,24+/m0/s1. The molecule has 1 fully saturated rings. The van der Waals surface area contributed by atoms with E-state index in [2.05, 4.69) is 0 Å². The molecule has 32 heavy (non-hydrogen) atoms. The first-order chi connectivity index (χ1) is 15.2. The summed E-state index contributed by atoms with van der Waals surface area (Å²) >= 11 is 7.86. The fourth-order valence-corrected chi connectivity index (χ4v) is 4.86. The van der Waals surface area contributed by atoms with Gasteiger partial charge >= 0.3 is 11.9 Å². The molecule has 0 bridgehead atoms. The Balaban J connectivity index is 1.92. The number of hydrogen-bond donors (Lipinski definition) is 1. The summed E-state index contributed by atoms with van der Waals surface area (Å²) < 4.78 is 17.4. The van der Waals surface area contributed by atoms with Crippen LogP contribution in [-0.4, -0.2) is 40.9 Å². The molecule has 0 aliphatic carbocycles. The van der Waals surface area contributed by atoms with Gasteiger partial charge in [0, 0.05) is 24.8 Å². The Labute approximate surface area is 197 Å². The topological polar surface area (TPSA) is 82.1 Å². The van der Waals surface area contributed by atoms with Crippen molar-refractivity contribution in [2.45, 2.75) is 50.9 Å². The van der Waals surface area contributed by atoms with E-state index in [1.165, 1.54) is 25.6 Å². The summed E-state index contributed by atoms with van der Waals surface area (Å²) in [7, 11) is 0. The van der Waals surface area contributed by atoms with Gasteiger partial charge in [0.25, 0.3) is 0 Å². The minimum Gasteiger partial charge on any atom is -0.508 e. The van der Waals surface area contributed by atoms with Gasteiger partial charge in [-0.2, -0.15) is 0 Å². The van der Waals surface area contributed by atoms with Gasteiger partial charge in [-0.1, -0.05) is 42.8 Å². The number of esters is 2. The Bertz CT molecular complexity index is 963. The lowest BCUT2D eigenvalue weighted by Gasteiger charge is -2.44.